The van der Waals surface area contributed by atoms with Gasteiger partial charge in [-0.15, -0.1) is 11.8 Å². The van der Waals surface area contributed by atoms with Gasteiger partial charge in [-0.1, -0.05) is 31.5 Å². The molecule has 2 rings (SSSR count). The van der Waals surface area contributed by atoms with Gasteiger partial charge in [-0.3, -0.25) is 4.99 Å². The van der Waals surface area contributed by atoms with Crippen LogP contribution >= 0.6 is 23.4 Å². The van der Waals surface area contributed by atoms with E-state index in [0.29, 0.717) is 11.2 Å². The minimum atomic E-state index is 0.184. The van der Waals surface area contributed by atoms with Gasteiger partial charge in [0.2, 0.25) is 0 Å². The second-order valence-corrected chi connectivity index (χ2v) is 5.83. The molecule has 3 heteroatoms. The molecule has 0 aromatic rings. The maximum atomic E-state index is 6.22. The average molecular weight is 228 g/mol. The van der Waals surface area contributed by atoms with Crippen LogP contribution in [0, 0.1) is 5.92 Å². The van der Waals surface area contributed by atoms with Crippen molar-refractivity contribution in [3.63, 3.8) is 0 Å². The third kappa shape index (κ3) is 1.78. The normalized spacial score (nSPS) is 31.1. The quantitative estimate of drug-likeness (QED) is 0.667. The van der Waals surface area contributed by atoms with Crippen molar-refractivity contribution in [3.8, 4) is 0 Å². The van der Waals surface area contributed by atoms with E-state index in [2.05, 4.69) is 37.9 Å². The Balaban J connectivity index is 2.29. The molecule has 0 spiro atoms. The first kappa shape index (κ1) is 10.3. The van der Waals surface area contributed by atoms with Gasteiger partial charge < -0.3 is 0 Å². The summed E-state index contributed by atoms with van der Waals surface area (Å²) in [5.41, 5.74) is 1.34. The van der Waals surface area contributed by atoms with Gasteiger partial charge in [0.25, 0.3) is 0 Å². The van der Waals surface area contributed by atoms with Crippen LogP contribution in [-0.4, -0.2) is 16.3 Å². The summed E-state index contributed by atoms with van der Waals surface area (Å²) in [4.78, 5) is 4.52. The average Bonchev–Trinajstić information content (AvgIpc) is 2.45. The fourth-order valence-electron chi connectivity index (χ4n) is 1.75. The van der Waals surface area contributed by atoms with Crippen LogP contribution in [0.1, 0.15) is 20.8 Å². The van der Waals surface area contributed by atoms with Crippen LogP contribution < -0.4 is 0 Å². The molecule has 0 amide bonds. The first-order valence-corrected chi connectivity index (χ1v) is 6.13. The van der Waals surface area contributed by atoms with E-state index in [1.54, 1.807) is 0 Å². The van der Waals surface area contributed by atoms with Crippen molar-refractivity contribution < 1.29 is 0 Å². The Hall–Kier alpha value is -0.210. The number of fused-ring (bicyclic) bond motifs is 1. The molecule has 0 aromatic carbocycles. The van der Waals surface area contributed by atoms with Crippen LogP contribution in [0.5, 0.6) is 0 Å². The van der Waals surface area contributed by atoms with Gasteiger partial charge in [0.1, 0.15) is 6.04 Å². The molecule has 0 aromatic heterocycles. The van der Waals surface area contributed by atoms with Gasteiger partial charge in [0.05, 0.1) is 10.3 Å². The molecule has 0 fully saturated rings. The van der Waals surface area contributed by atoms with E-state index in [0.717, 1.165) is 10.1 Å². The lowest BCUT2D eigenvalue weighted by Crippen LogP contribution is -2.20. The van der Waals surface area contributed by atoms with Gasteiger partial charge in [0, 0.05) is 5.03 Å². The van der Waals surface area contributed by atoms with E-state index < -0.39 is 0 Å². The van der Waals surface area contributed by atoms with Crippen molar-refractivity contribution in [2.45, 2.75) is 32.1 Å². The van der Waals surface area contributed by atoms with Gasteiger partial charge in [-0.25, -0.2) is 0 Å². The van der Waals surface area contributed by atoms with E-state index in [-0.39, 0.29) is 6.04 Å². The Morgan fingerprint density at radius 3 is 2.86 bits per heavy atom. The smallest absolute Gasteiger partial charge is 0.102 e. The molecule has 1 heterocycles. The van der Waals surface area contributed by atoms with Crippen molar-refractivity contribution in [1.82, 2.24) is 0 Å². The number of allylic oxidation sites excluding steroid dienone is 2. The lowest BCUT2D eigenvalue weighted by molar-refractivity contribution is 0.751. The summed E-state index contributed by atoms with van der Waals surface area (Å²) in [6.45, 7) is 6.44. The molecule has 1 nitrogen and oxygen atoms in total. The maximum absolute atomic E-state index is 6.22. The highest BCUT2D eigenvalue weighted by Gasteiger charge is 2.32. The predicted octanol–water partition coefficient (Wildman–Crippen LogP) is 3.61. The Bertz CT molecular complexity index is 341. The van der Waals surface area contributed by atoms with Crippen LogP contribution in [0.2, 0.25) is 0 Å². The molecule has 2 aliphatic rings. The second kappa shape index (κ2) is 3.74. The van der Waals surface area contributed by atoms with Crippen molar-refractivity contribution in [2.75, 3.05) is 0 Å². The first-order chi connectivity index (χ1) is 6.58. The van der Waals surface area contributed by atoms with E-state index in [9.17, 15) is 0 Å². The summed E-state index contributed by atoms with van der Waals surface area (Å²) in [6.07, 6.45) is 4.39. The Morgan fingerprint density at radius 1 is 1.50 bits per heavy atom. The number of aliphatic imine (C=N–C) groups is 1. The van der Waals surface area contributed by atoms with E-state index in [1.807, 2.05) is 11.8 Å². The van der Waals surface area contributed by atoms with Crippen LogP contribution in [0.25, 0.3) is 0 Å². The van der Waals surface area contributed by atoms with Crippen LogP contribution in [-0.2, 0) is 0 Å². The highest BCUT2D eigenvalue weighted by Crippen LogP contribution is 2.38. The summed E-state index contributed by atoms with van der Waals surface area (Å²) in [6, 6.07) is 0.184. The third-order valence-electron chi connectivity index (χ3n) is 2.55. The predicted molar refractivity (Wildman–Crippen MR) is 65.1 cm³/mol. The fourth-order valence-corrected chi connectivity index (χ4v) is 3.26. The van der Waals surface area contributed by atoms with Crippen LogP contribution in [0.15, 0.2) is 27.7 Å². The zero-order valence-electron chi connectivity index (χ0n) is 8.62. The Morgan fingerprint density at radius 2 is 2.21 bits per heavy atom. The Kier molecular flexibility index (Phi) is 2.76. The maximum Gasteiger partial charge on any atom is 0.102 e. The number of hydrogen-bond donors (Lipinski definition) is 0. The lowest BCUT2D eigenvalue weighted by atomic mass is 9.95. The topological polar surface area (TPSA) is 12.4 Å². The standard InChI is InChI=1S/C11H14ClNS/c1-6(2)8-4-9(12)11-10(5-8)14-7(3)13-11/h4-6,10-11H,1-3H3. The number of rotatable bonds is 1. The van der Waals surface area contributed by atoms with E-state index in [1.165, 1.54) is 5.57 Å². The molecule has 0 saturated heterocycles. The minimum absolute atomic E-state index is 0.184. The molecule has 0 bridgehead atoms. The van der Waals surface area contributed by atoms with E-state index >= 15 is 0 Å². The molecule has 2 unspecified atom stereocenters. The molecule has 0 saturated carbocycles. The molecule has 14 heavy (non-hydrogen) atoms. The van der Waals surface area contributed by atoms with Crippen molar-refractivity contribution in [2.24, 2.45) is 10.9 Å². The van der Waals surface area contributed by atoms with Gasteiger partial charge in [-0.05, 0) is 24.5 Å². The van der Waals surface area contributed by atoms with E-state index in [4.69, 9.17) is 11.6 Å². The van der Waals surface area contributed by atoms with Crippen molar-refractivity contribution in [1.29, 1.82) is 0 Å². The molecular weight excluding hydrogens is 214 g/mol. The summed E-state index contributed by atoms with van der Waals surface area (Å²) in [5, 5.41) is 2.48. The molecular formula is C11H14ClNS. The third-order valence-corrected chi connectivity index (χ3v) is 3.99. The number of halogens is 1. The van der Waals surface area contributed by atoms with Crippen LogP contribution in [0.4, 0.5) is 0 Å². The molecule has 1 aliphatic carbocycles. The molecule has 2 atom stereocenters. The van der Waals surface area contributed by atoms with Gasteiger partial charge >= 0.3 is 0 Å². The Labute approximate surface area is 94.3 Å². The molecule has 76 valence electrons. The van der Waals surface area contributed by atoms with Crippen molar-refractivity contribution >= 4 is 28.4 Å². The lowest BCUT2D eigenvalue weighted by Gasteiger charge is -2.21. The highest BCUT2D eigenvalue weighted by atomic mass is 35.5. The zero-order valence-corrected chi connectivity index (χ0v) is 10.2. The number of thioether (sulfide) groups is 1. The van der Waals surface area contributed by atoms with Crippen LogP contribution in [0.3, 0.4) is 0 Å². The minimum Gasteiger partial charge on any atom is -0.273 e. The van der Waals surface area contributed by atoms with Gasteiger partial charge in [-0.2, -0.15) is 0 Å². The molecule has 1 aliphatic heterocycles. The largest absolute Gasteiger partial charge is 0.273 e. The first-order valence-electron chi connectivity index (χ1n) is 4.88. The molecule has 0 radical (unpaired) electrons. The monoisotopic (exact) mass is 227 g/mol. The summed E-state index contributed by atoms with van der Waals surface area (Å²) >= 11 is 8.04. The molecule has 0 N–H and O–H groups in total. The number of nitrogens with zero attached hydrogens (tertiary/aromatic N) is 1. The highest BCUT2D eigenvalue weighted by molar-refractivity contribution is 8.14. The van der Waals surface area contributed by atoms with Gasteiger partial charge in [0.15, 0.2) is 0 Å². The van der Waals surface area contributed by atoms with Crippen molar-refractivity contribution in [3.05, 3.63) is 22.8 Å². The summed E-state index contributed by atoms with van der Waals surface area (Å²) in [5.74, 6) is 0.547. The second-order valence-electron chi connectivity index (χ2n) is 4.03. The zero-order chi connectivity index (χ0) is 10.3. The summed E-state index contributed by atoms with van der Waals surface area (Å²) < 4.78 is 0. The SMILES string of the molecule is CC1=NC2C(Cl)=CC(C(C)C)=CC2S1. The number of hydrogen-bond acceptors (Lipinski definition) is 2. The summed E-state index contributed by atoms with van der Waals surface area (Å²) in [7, 11) is 0. The fraction of sp³-hybridized carbons (Fsp3) is 0.545.